The number of ether oxygens (including phenoxy) is 1. The third-order valence-corrected chi connectivity index (χ3v) is 6.16. The molecule has 0 aliphatic heterocycles. The van der Waals surface area contributed by atoms with Gasteiger partial charge in [0.15, 0.2) is 6.04 Å². The van der Waals surface area contributed by atoms with E-state index in [1.54, 1.807) is 6.33 Å². The molecule has 1 unspecified atom stereocenters. The number of carboxylic acid groups (broad SMARTS) is 1. The molecular weight excluding hydrogens is 394 g/mol. The van der Waals surface area contributed by atoms with Gasteiger partial charge in [-0.1, -0.05) is 48.5 Å². The van der Waals surface area contributed by atoms with Crippen molar-refractivity contribution in [1.29, 1.82) is 0 Å². The number of nitrogens with zero attached hydrogens (tertiary/aromatic N) is 3. The van der Waals surface area contributed by atoms with Gasteiger partial charge >= 0.3 is 12.1 Å². The van der Waals surface area contributed by atoms with Gasteiger partial charge in [-0.3, -0.25) is 4.90 Å². The summed E-state index contributed by atoms with van der Waals surface area (Å²) in [5.41, 5.74) is 5.00. The fraction of sp³-hybridized carbons (Fsp3) is 0.292. The standard InChI is InChI=1S/C24H23N3O4/c1-26(22(23(28)29)21-12-25-14-27(21)15-10-11-15)24(30)31-13-20-18-8-4-2-6-16(18)17-7-3-5-9-19(17)20/h2-9,12,14-15,20,22H,10-11,13H2,1H3,(H,28,29). The Morgan fingerprint density at radius 3 is 2.32 bits per heavy atom. The van der Waals surface area contributed by atoms with E-state index in [2.05, 4.69) is 17.1 Å². The molecule has 1 fully saturated rings. The summed E-state index contributed by atoms with van der Waals surface area (Å²) >= 11 is 0. The zero-order valence-corrected chi connectivity index (χ0v) is 17.1. The maximum Gasteiger partial charge on any atom is 0.410 e. The van der Waals surface area contributed by atoms with Crippen LogP contribution in [0.3, 0.4) is 0 Å². The van der Waals surface area contributed by atoms with Crippen molar-refractivity contribution in [2.45, 2.75) is 30.8 Å². The van der Waals surface area contributed by atoms with Gasteiger partial charge in [-0.15, -0.1) is 0 Å². The molecule has 5 rings (SSSR count). The van der Waals surface area contributed by atoms with Crippen LogP contribution in [0.15, 0.2) is 61.1 Å². The van der Waals surface area contributed by atoms with Crippen LogP contribution < -0.4 is 0 Å². The van der Waals surface area contributed by atoms with Gasteiger partial charge in [0.2, 0.25) is 0 Å². The largest absolute Gasteiger partial charge is 0.479 e. The molecule has 2 aromatic carbocycles. The highest BCUT2D eigenvalue weighted by Crippen LogP contribution is 2.44. The first kappa shape index (κ1) is 19.4. The quantitative estimate of drug-likeness (QED) is 0.649. The molecule has 1 heterocycles. The van der Waals surface area contributed by atoms with Gasteiger partial charge in [-0.05, 0) is 35.1 Å². The van der Waals surface area contributed by atoms with Crippen molar-refractivity contribution in [2.75, 3.05) is 13.7 Å². The van der Waals surface area contributed by atoms with Crippen LogP contribution in [-0.4, -0.2) is 45.3 Å². The summed E-state index contributed by atoms with van der Waals surface area (Å²) in [5.74, 6) is -1.19. The molecular formula is C24H23N3O4. The Bertz CT molecular complexity index is 1110. The van der Waals surface area contributed by atoms with E-state index in [0.29, 0.717) is 5.69 Å². The van der Waals surface area contributed by atoms with E-state index in [1.165, 1.54) is 13.2 Å². The van der Waals surface area contributed by atoms with Crippen LogP contribution in [0.4, 0.5) is 4.79 Å². The molecule has 7 heteroatoms. The summed E-state index contributed by atoms with van der Waals surface area (Å²) in [7, 11) is 1.46. The maximum atomic E-state index is 12.9. The number of fused-ring (bicyclic) bond motifs is 3. The molecule has 7 nitrogen and oxygen atoms in total. The fourth-order valence-electron chi connectivity index (χ4n) is 4.48. The second kappa shape index (κ2) is 7.58. The van der Waals surface area contributed by atoms with E-state index in [9.17, 15) is 14.7 Å². The molecule has 158 valence electrons. The Hall–Kier alpha value is -3.61. The number of rotatable bonds is 6. The Morgan fingerprint density at radius 2 is 1.74 bits per heavy atom. The Balaban J connectivity index is 1.35. The molecule has 1 saturated carbocycles. The number of benzene rings is 2. The van der Waals surface area contributed by atoms with Crippen LogP contribution in [-0.2, 0) is 9.53 Å². The van der Waals surface area contributed by atoms with Crippen LogP contribution in [0.1, 0.15) is 47.7 Å². The van der Waals surface area contributed by atoms with Gasteiger partial charge in [-0.2, -0.15) is 0 Å². The van der Waals surface area contributed by atoms with Gasteiger partial charge in [0.25, 0.3) is 0 Å². The number of carbonyl (C=O) groups excluding carboxylic acids is 1. The van der Waals surface area contributed by atoms with Crippen LogP contribution in [0, 0.1) is 0 Å². The molecule has 3 aromatic rings. The summed E-state index contributed by atoms with van der Waals surface area (Å²) in [6.07, 6.45) is 4.46. The number of hydrogen-bond acceptors (Lipinski definition) is 4. The molecule has 2 aliphatic rings. The van der Waals surface area contributed by atoms with Crippen molar-refractivity contribution in [2.24, 2.45) is 0 Å². The Labute approximate surface area is 179 Å². The monoisotopic (exact) mass is 417 g/mol. The van der Waals surface area contributed by atoms with Crippen molar-refractivity contribution >= 4 is 12.1 Å². The first-order valence-corrected chi connectivity index (χ1v) is 10.4. The Morgan fingerprint density at radius 1 is 1.13 bits per heavy atom. The van der Waals surface area contributed by atoms with Crippen LogP contribution in [0.5, 0.6) is 0 Å². The highest BCUT2D eigenvalue weighted by molar-refractivity contribution is 5.81. The number of carbonyl (C=O) groups is 2. The van der Waals surface area contributed by atoms with E-state index in [1.807, 2.05) is 41.0 Å². The second-order valence-electron chi connectivity index (χ2n) is 8.11. The molecule has 0 bridgehead atoms. The number of carboxylic acids is 1. The number of hydrogen-bond donors (Lipinski definition) is 1. The lowest BCUT2D eigenvalue weighted by Crippen LogP contribution is -2.37. The van der Waals surface area contributed by atoms with E-state index in [4.69, 9.17) is 4.74 Å². The molecule has 1 atom stereocenters. The minimum absolute atomic E-state index is 0.0787. The lowest BCUT2D eigenvalue weighted by molar-refractivity contribution is -0.142. The minimum atomic E-state index is -1.15. The summed E-state index contributed by atoms with van der Waals surface area (Å²) < 4.78 is 7.49. The average molecular weight is 417 g/mol. The first-order chi connectivity index (χ1) is 15.1. The number of likely N-dealkylation sites (N-methyl/N-ethyl adjacent to an activating group) is 1. The molecule has 0 radical (unpaired) electrons. The molecule has 1 amide bonds. The van der Waals surface area contributed by atoms with E-state index in [-0.39, 0.29) is 18.6 Å². The maximum absolute atomic E-state index is 12.9. The smallest absolute Gasteiger partial charge is 0.410 e. The topological polar surface area (TPSA) is 84.7 Å². The second-order valence-corrected chi connectivity index (χ2v) is 8.11. The lowest BCUT2D eigenvalue weighted by Gasteiger charge is -2.26. The minimum Gasteiger partial charge on any atom is -0.479 e. The van der Waals surface area contributed by atoms with Gasteiger partial charge in [-0.25, -0.2) is 14.6 Å². The molecule has 1 aromatic heterocycles. The molecule has 2 aliphatic carbocycles. The molecule has 1 N–H and O–H groups in total. The van der Waals surface area contributed by atoms with Crippen molar-refractivity contribution in [3.8, 4) is 11.1 Å². The highest BCUT2D eigenvalue weighted by Gasteiger charge is 2.36. The summed E-state index contributed by atoms with van der Waals surface area (Å²) in [6.45, 7) is 0.144. The third-order valence-electron chi connectivity index (χ3n) is 6.16. The molecule has 0 spiro atoms. The number of aliphatic carboxylic acids is 1. The lowest BCUT2D eigenvalue weighted by atomic mass is 9.98. The first-order valence-electron chi connectivity index (χ1n) is 10.4. The van der Waals surface area contributed by atoms with Gasteiger partial charge < -0.3 is 14.4 Å². The van der Waals surface area contributed by atoms with Crippen molar-refractivity contribution < 1.29 is 19.4 Å². The zero-order valence-electron chi connectivity index (χ0n) is 17.1. The van der Waals surface area contributed by atoms with Crippen LogP contribution >= 0.6 is 0 Å². The normalized spacial score (nSPS) is 15.8. The van der Waals surface area contributed by atoms with Crippen LogP contribution in [0.2, 0.25) is 0 Å². The zero-order chi connectivity index (χ0) is 21.5. The van der Waals surface area contributed by atoms with Crippen LogP contribution in [0.25, 0.3) is 11.1 Å². The Kier molecular flexibility index (Phi) is 4.73. The highest BCUT2D eigenvalue weighted by atomic mass is 16.6. The predicted molar refractivity (Wildman–Crippen MR) is 114 cm³/mol. The SMILES string of the molecule is CN(C(=O)OCC1c2ccccc2-c2ccccc21)C(C(=O)O)c1cncn1C1CC1. The average Bonchev–Trinajstić information content (AvgIpc) is 3.43. The van der Waals surface area contributed by atoms with Crippen molar-refractivity contribution in [3.63, 3.8) is 0 Å². The van der Waals surface area contributed by atoms with Crippen molar-refractivity contribution in [3.05, 3.63) is 77.9 Å². The van der Waals surface area contributed by atoms with E-state index >= 15 is 0 Å². The van der Waals surface area contributed by atoms with Gasteiger partial charge in [0, 0.05) is 19.0 Å². The van der Waals surface area contributed by atoms with E-state index in [0.717, 1.165) is 40.0 Å². The predicted octanol–water partition coefficient (Wildman–Crippen LogP) is 4.22. The van der Waals surface area contributed by atoms with Gasteiger partial charge in [0.05, 0.1) is 18.2 Å². The number of amides is 1. The summed E-state index contributed by atoms with van der Waals surface area (Å²) in [5, 5.41) is 9.84. The molecule has 0 saturated heterocycles. The fourth-order valence-corrected chi connectivity index (χ4v) is 4.48. The summed E-state index contributed by atoms with van der Waals surface area (Å²) in [6, 6.07) is 15.3. The van der Waals surface area contributed by atoms with E-state index < -0.39 is 18.1 Å². The van der Waals surface area contributed by atoms with Gasteiger partial charge in [0.1, 0.15) is 6.61 Å². The summed E-state index contributed by atoms with van der Waals surface area (Å²) in [4.78, 5) is 30.2. The third kappa shape index (κ3) is 3.36. The number of imidazole rings is 1. The molecule has 31 heavy (non-hydrogen) atoms. The number of aromatic nitrogens is 2. The van der Waals surface area contributed by atoms with Crippen molar-refractivity contribution in [1.82, 2.24) is 14.5 Å².